The van der Waals surface area contributed by atoms with E-state index in [-0.39, 0.29) is 0 Å². The smallest absolute Gasteiger partial charge is 0.0707 e. The van der Waals surface area contributed by atoms with Gasteiger partial charge < -0.3 is 10.1 Å². The number of rotatable bonds is 7. The molecular weight excluding hydrogens is 284 g/mol. The van der Waals surface area contributed by atoms with Gasteiger partial charge in [-0.05, 0) is 44.4 Å². The molecule has 116 valence electrons. The number of ether oxygens (including phenoxy) is 1. The van der Waals surface area contributed by atoms with Gasteiger partial charge in [-0.2, -0.15) is 0 Å². The van der Waals surface area contributed by atoms with Crippen molar-refractivity contribution in [1.29, 1.82) is 0 Å². The van der Waals surface area contributed by atoms with Gasteiger partial charge in [-0.3, -0.25) is 4.90 Å². The molecule has 2 fully saturated rings. The number of nitrogens with one attached hydrogen (secondary N) is 1. The molecule has 1 N–H and O–H groups in total. The molecule has 1 heterocycles. The predicted molar refractivity (Wildman–Crippen MR) is 86.7 cm³/mol. The third-order valence-corrected chi connectivity index (χ3v) is 4.69. The van der Waals surface area contributed by atoms with Gasteiger partial charge in [-0.15, -0.1) is 0 Å². The molecule has 1 aliphatic heterocycles. The number of likely N-dealkylation sites (N-methyl/N-ethyl adjacent to an activating group) is 1. The second kappa shape index (κ2) is 7.10. The summed E-state index contributed by atoms with van der Waals surface area (Å²) in [5.74, 6) is 0. The van der Waals surface area contributed by atoms with Crippen LogP contribution in [-0.2, 0) is 11.3 Å². The van der Waals surface area contributed by atoms with Crippen LogP contribution in [0.4, 0.5) is 0 Å². The fourth-order valence-electron chi connectivity index (χ4n) is 2.98. The van der Waals surface area contributed by atoms with Crippen molar-refractivity contribution < 1.29 is 4.74 Å². The van der Waals surface area contributed by atoms with Gasteiger partial charge in [-0.25, -0.2) is 0 Å². The highest BCUT2D eigenvalue weighted by atomic mass is 35.5. The average molecular weight is 309 g/mol. The molecule has 2 unspecified atom stereocenters. The van der Waals surface area contributed by atoms with Crippen LogP contribution in [0.25, 0.3) is 0 Å². The van der Waals surface area contributed by atoms with Gasteiger partial charge in [0.15, 0.2) is 0 Å². The van der Waals surface area contributed by atoms with Crippen LogP contribution in [0.1, 0.15) is 31.2 Å². The van der Waals surface area contributed by atoms with E-state index in [0.717, 1.165) is 30.7 Å². The number of hydrogen-bond acceptors (Lipinski definition) is 3. The highest BCUT2D eigenvalue weighted by Gasteiger charge is 2.28. The molecule has 3 nitrogen and oxygen atoms in total. The van der Waals surface area contributed by atoms with Crippen molar-refractivity contribution in [3.05, 3.63) is 34.9 Å². The van der Waals surface area contributed by atoms with Gasteiger partial charge in [0.05, 0.1) is 12.2 Å². The Bertz CT molecular complexity index is 464. The SMILES string of the molecule is CN(Cc1ccccc1Cl)CC1CCC(CNC2CC2)O1. The molecule has 1 saturated heterocycles. The number of halogens is 1. The fourth-order valence-corrected chi connectivity index (χ4v) is 3.18. The molecule has 2 aliphatic rings. The van der Waals surface area contributed by atoms with Crippen LogP contribution >= 0.6 is 11.6 Å². The van der Waals surface area contributed by atoms with Crippen molar-refractivity contribution in [1.82, 2.24) is 10.2 Å². The van der Waals surface area contributed by atoms with Crippen molar-refractivity contribution in [3.8, 4) is 0 Å². The lowest BCUT2D eigenvalue weighted by atomic mass is 10.1. The minimum Gasteiger partial charge on any atom is -0.372 e. The average Bonchev–Trinajstić information content (AvgIpc) is 3.19. The molecule has 0 bridgehead atoms. The van der Waals surface area contributed by atoms with Crippen molar-refractivity contribution in [2.75, 3.05) is 20.1 Å². The van der Waals surface area contributed by atoms with Gasteiger partial charge in [0.25, 0.3) is 0 Å². The zero-order valence-corrected chi connectivity index (χ0v) is 13.5. The zero-order chi connectivity index (χ0) is 14.7. The molecule has 4 heteroatoms. The number of nitrogens with zero attached hydrogens (tertiary/aromatic N) is 1. The minimum atomic E-state index is 0.364. The second-order valence-electron chi connectivity index (χ2n) is 6.43. The molecule has 1 aromatic carbocycles. The highest BCUT2D eigenvalue weighted by molar-refractivity contribution is 6.31. The van der Waals surface area contributed by atoms with Crippen LogP contribution in [0.15, 0.2) is 24.3 Å². The largest absolute Gasteiger partial charge is 0.372 e. The molecular formula is C17H25ClN2O. The summed E-state index contributed by atoms with van der Waals surface area (Å²) in [6.07, 6.45) is 5.81. The molecule has 0 radical (unpaired) electrons. The quantitative estimate of drug-likeness (QED) is 0.838. The van der Waals surface area contributed by atoms with Crippen molar-refractivity contribution in [2.45, 2.75) is 50.5 Å². The monoisotopic (exact) mass is 308 g/mol. The van der Waals surface area contributed by atoms with Gasteiger partial charge >= 0.3 is 0 Å². The topological polar surface area (TPSA) is 24.5 Å². The molecule has 1 aromatic rings. The molecule has 0 amide bonds. The number of benzene rings is 1. The molecule has 1 saturated carbocycles. The molecule has 0 aromatic heterocycles. The first-order valence-corrected chi connectivity index (χ1v) is 8.39. The van der Waals surface area contributed by atoms with E-state index in [9.17, 15) is 0 Å². The first kappa shape index (κ1) is 15.3. The summed E-state index contributed by atoms with van der Waals surface area (Å²) in [7, 11) is 2.14. The normalized spacial score (nSPS) is 25.7. The third kappa shape index (κ3) is 4.68. The minimum absolute atomic E-state index is 0.364. The van der Waals surface area contributed by atoms with E-state index >= 15 is 0 Å². The van der Waals surface area contributed by atoms with E-state index in [0.29, 0.717) is 12.2 Å². The maximum Gasteiger partial charge on any atom is 0.0707 e. The Morgan fingerprint density at radius 1 is 1.19 bits per heavy atom. The Morgan fingerprint density at radius 3 is 2.71 bits per heavy atom. The molecule has 21 heavy (non-hydrogen) atoms. The van der Waals surface area contributed by atoms with Gasteiger partial charge in [0, 0.05) is 30.7 Å². The fraction of sp³-hybridized carbons (Fsp3) is 0.647. The summed E-state index contributed by atoms with van der Waals surface area (Å²) in [5.41, 5.74) is 1.19. The Labute approximate surface area is 132 Å². The van der Waals surface area contributed by atoms with Crippen LogP contribution in [-0.4, -0.2) is 43.3 Å². The van der Waals surface area contributed by atoms with Crippen LogP contribution in [0, 0.1) is 0 Å². The van der Waals surface area contributed by atoms with E-state index < -0.39 is 0 Å². The lowest BCUT2D eigenvalue weighted by Crippen LogP contribution is -2.32. The Morgan fingerprint density at radius 2 is 1.95 bits per heavy atom. The van der Waals surface area contributed by atoms with Crippen LogP contribution in [0.2, 0.25) is 5.02 Å². The Kier molecular flexibility index (Phi) is 5.17. The van der Waals surface area contributed by atoms with E-state index in [4.69, 9.17) is 16.3 Å². The van der Waals surface area contributed by atoms with Gasteiger partial charge in [0.2, 0.25) is 0 Å². The zero-order valence-electron chi connectivity index (χ0n) is 12.7. The highest BCUT2D eigenvalue weighted by Crippen LogP contribution is 2.23. The van der Waals surface area contributed by atoms with Gasteiger partial charge in [0.1, 0.15) is 0 Å². The molecule has 3 rings (SSSR count). The molecule has 1 aliphatic carbocycles. The van der Waals surface area contributed by atoms with E-state index in [1.807, 2.05) is 18.2 Å². The Balaban J connectivity index is 1.40. The maximum absolute atomic E-state index is 6.22. The lowest BCUT2D eigenvalue weighted by molar-refractivity contribution is 0.0266. The summed E-state index contributed by atoms with van der Waals surface area (Å²) in [6, 6.07) is 8.84. The van der Waals surface area contributed by atoms with Crippen LogP contribution in [0.3, 0.4) is 0 Å². The summed E-state index contributed by atoms with van der Waals surface area (Å²) in [5, 5.41) is 4.41. The van der Waals surface area contributed by atoms with Crippen molar-refractivity contribution >= 4 is 11.6 Å². The van der Waals surface area contributed by atoms with Crippen LogP contribution < -0.4 is 5.32 Å². The molecule has 2 atom stereocenters. The predicted octanol–water partition coefficient (Wildman–Crippen LogP) is 3.07. The van der Waals surface area contributed by atoms with Crippen molar-refractivity contribution in [2.24, 2.45) is 0 Å². The van der Waals surface area contributed by atoms with E-state index in [1.54, 1.807) is 0 Å². The first-order valence-electron chi connectivity index (χ1n) is 8.01. The second-order valence-corrected chi connectivity index (χ2v) is 6.84. The van der Waals surface area contributed by atoms with E-state index in [1.165, 1.54) is 31.2 Å². The van der Waals surface area contributed by atoms with Crippen LogP contribution in [0.5, 0.6) is 0 Å². The Hall–Kier alpha value is -0.610. The van der Waals surface area contributed by atoms with Gasteiger partial charge in [-0.1, -0.05) is 29.8 Å². The standard InChI is InChI=1S/C17H25ClN2O/c1-20(11-13-4-2-3-5-17(13)18)12-16-9-8-15(21-16)10-19-14-6-7-14/h2-5,14-16,19H,6-12H2,1H3. The summed E-state index contributed by atoms with van der Waals surface area (Å²) >= 11 is 6.22. The number of hydrogen-bond donors (Lipinski definition) is 1. The van der Waals surface area contributed by atoms with Crippen molar-refractivity contribution in [3.63, 3.8) is 0 Å². The molecule has 0 spiro atoms. The third-order valence-electron chi connectivity index (χ3n) is 4.32. The first-order chi connectivity index (χ1) is 10.2. The maximum atomic E-state index is 6.22. The summed E-state index contributed by atoms with van der Waals surface area (Å²) in [4.78, 5) is 2.31. The lowest BCUT2D eigenvalue weighted by Gasteiger charge is -2.22. The summed E-state index contributed by atoms with van der Waals surface area (Å²) < 4.78 is 6.14. The summed E-state index contributed by atoms with van der Waals surface area (Å²) in [6.45, 7) is 2.88. The van der Waals surface area contributed by atoms with E-state index in [2.05, 4.69) is 23.3 Å².